The number of primary amides is 1. The zero-order chi connectivity index (χ0) is 19.7. The standard InChI is InChI=1S/C18H25N3O5S/c19-17(24)18(9-1-2-10-18)20-16(23)13-5-7-15(8-6-13)27(25,26)21-11-3-4-14(22)12-21/h5-8,14,22H,1-4,9-12H2,(H2,19,24)(H,20,23)/t14-/m1/s1. The van der Waals surface area contributed by atoms with E-state index in [1.807, 2.05) is 0 Å². The van der Waals surface area contributed by atoms with E-state index in [1.54, 1.807) is 0 Å². The van der Waals surface area contributed by atoms with Gasteiger partial charge in [0.05, 0.1) is 11.0 Å². The molecule has 0 aromatic heterocycles. The number of aliphatic hydroxyl groups is 1. The van der Waals surface area contributed by atoms with E-state index in [0.29, 0.717) is 32.2 Å². The van der Waals surface area contributed by atoms with Crippen LogP contribution in [0.3, 0.4) is 0 Å². The first-order valence-electron chi connectivity index (χ1n) is 9.15. The minimum atomic E-state index is -3.72. The lowest BCUT2D eigenvalue weighted by atomic mass is 9.96. The van der Waals surface area contributed by atoms with Crippen LogP contribution < -0.4 is 11.1 Å². The molecule has 0 spiro atoms. The highest BCUT2D eigenvalue weighted by atomic mass is 32.2. The number of sulfonamides is 1. The van der Waals surface area contributed by atoms with Crippen LogP contribution in [0.25, 0.3) is 0 Å². The third-order valence-electron chi connectivity index (χ3n) is 5.40. The maximum atomic E-state index is 12.7. The molecule has 1 aliphatic carbocycles. The number of nitrogens with one attached hydrogen (secondary N) is 1. The molecule has 3 rings (SSSR count). The first-order valence-corrected chi connectivity index (χ1v) is 10.6. The predicted molar refractivity (Wildman–Crippen MR) is 98.3 cm³/mol. The molecule has 148 valence electrons. The van der Waals surface area contributed by atoms with Crippen LogP contribution in [0.5, 0.6) is 0 Å². The molecule has 1 aromatic carbocycles. The molecule has 4 N–H and O–H groups in total. The Morgan fingerprint density at radius 2 is 1.78 bits per heavy atom. The molecule has 27 heavy (non-hydrogen) atoms. The van der Waals surface area contributed by atoms with E-state index in [4.69, 9.17) is 5.73 Å². The van der Waals surface area contributed by atoms with Gasteiger partial charge in [-0.3, -0.25) is 9.59 Å². The van der Waals surface area contributed by atoms with Crippen LogP contribution >= 0.6 is 0 Å². The van der Waals surface area contributed by atoms with Crippen molar-refractivity contribution in [2.45, 2.75) is 55.1 Å². The summed E-state index contributed by atoms with van der Waals surface area (Å²) in [7, 11) is -3.72. The van der Waals surface area contributed by atoms with Crippen LogP contribution in [-0.2, 0) is 14.8 Å². The molecule has 0 bridgehead atoms. The van der Waals surface area contributed by atoms with Crippen LogP contribution in [-0.4, -0.2) is 54.4 Å². The summed E-state index contributed by atoms with van der Waals surface area (Å²) in [6.07, 6.45) is 3.21. The number of hydrogen-bond acceptors (Lipinski definition) is 5. The number of β-amino-alcohol motifs (C(OH)–C–C–N with tert-alkyl or cyclic N) is 1. The minimum absolute atomic E-state index is 0.0682. The smallest absolute Gasteiger partial charge is 0.252 e. The van der Waals surface area contributed by atoms with Gasteiger partial charge >= 0.3 is 0 Å². The molecule has 1 aliphatic heterocycles. The Labute approximate surface area is 158 Å². The Hall–Kier alpha value is -1.97. The Bertz CT molecular complexity index is 816. The van der Waals surface area contributed by atoms with Crippen molar-refractivity contribution >= 4 is 21.8 Å². The number of nitrogens with zero attached hydrogens (tertiary/aromatic N) is 1. The molecule has 9 heteroatoms. The molecule has 2 amide bonds. The van der Waals surface area contributed by atoms with Crippen molar-refractivity contribution in [2.75, 3.05) is 13.1 Å². The molecule has 2 aliphatic rings. The molecule has 8 nitrogen and oxygen atoms in total. The SMILES string of the molecule is NC(=O)C1(NC(=O)c2ccc(S(=O)(=O)N3CCC[C@@H](O)C3)cc2)CCCC1. The summed E-state index contributed by atoms with van der Waals surface area (Å²) in [6.45, 7) is 0.439. The van der Waals surface area contributed by atoms with Crippen molar-refractivity contribution in [3.05, 3.63) is 29.8 Å². The molecular weight excluding hydrogens is 370 g/mol. The molecular formula is C18H25N3O5S. The van der Waals surface area contributed by atoms with E-state index in [-0.39, 0.29) is 17.0 Å². The largest absolute Gasteiger partial charge is 0.392 e. The van der Waals surface area contributed by atoms with Crippen molar-refractivity contribution < 1.29 is 23.1 Å². The lowest BCUT2D eigenvalue weighted by molar-refractivity contribution is -0.123. The van der Waals surface area contributed by atoms with Crippen molar-refractivity contribution in [3.8, 4) is 0 Å². The Kier molecular flexibility index (Phi) is 5.55. The average Bonchev–Trinajstić information content (AvgIpc) is 3.12. The van der Waals surface area contributed by atoms with Crippen molar-refractivity contribution in [1.29, 1.82) is 0 Å². The van der Waals surface area contributed by atoms with Gasteiger partial charge in [0.1, 0.15) is 5.54 Å². The van der Waals surface area contributed by atoms with Gasteiger partial charge in [0, 0.05) is 18.7 Å². The Morgan fingerprint density at radius 3 is 2.33 bits per heavy atom. The van der Waals surface area contributed by atoms with Gasteiger partial charge in [-0.2, -0.15) is 4.31 Å². The number of piperidine rings is 1. The van der Waals surface area contributed by atoms with Crippen LogP contribution in [0.15, 0.2) is 29.2 Å². The monoisotopic (exact) mass is 395 g/mol. The summed E-state index contributed by atoms with van der Waals surface area (Å²) in [5, 5.41) is 12.4. The Morgan fingerprint density at radius 1 is 1.15 bits per heavy atom. The summed E-state index contributed by atoms with van der Waals surface area (Å²) in [5.74, 6) is -0.996. The van der Waals surface area contributed by atoms with Gasteiger partial charge in [0.15, 0.2) is 0 Å². The van der Waals surface area contributed by atoms with Crippen LogP contribution in [0.2, 0.25) is 0 Å². The second kappa shape index (κ2) is 7.57. The number of hydrogen-bond donors (Lipinski definition) is 3. The van der Waals surface area contributed by atoms with E-state index in [2.05, 4.69) is 5.32 Å². The third-order valence-corrected chi connectivity index (χ3v) is 7.27. The molecule has 1 aromatic rings. The number of nitrogens with two attached hydrogens (primary N) is 1. The number of aliphatic hydroxyl groups excluding tert-OH is 1. The predicted octanol–water partition coefficient (Wildman–Crippen LogP) is 0.360. The fourth-order valence-electron chi connectivity index (χ4n) is 3.77. The van der Waals surface area contributed by atoms with Crippen molar-refractivity contribution in [3.63, 3.8) is 0 Å². The van der Waals surface area contributed by atoms with Gasteiger partial charge in [-0.15, -0.1) is 0 Å². The number of carbonyl (C=O) groups is 2. The number of amides is 2. The van der Waals surface area contributed by atoms with Crippen LogP contribution in [0.1, 0.15) is 48.9 Å². The number of carbonyl (C=O) groups excluding carboxylic acids is 2. The zero-order valence-corrected chi connectivity index (χ0v) is 15.9. The van der Waals surface area contributed by atoms with Crippen LogP contribution in [0.4, 0.5) is 0 Å². The van der Waals surface area contributed by atoms with Gasteiger partial charge < -0.3 is 16.2 Å². The summed E-state index contributed by atoms with van der Waals surface area (Å²) in [5.41, 5.74) is 4.72. The fraction of sp³-hybridized carbons (Fsp3) is 0.556. The second-order valence-corrected chi connectivity index (χ2v) is 9.23. The first-order chi connectivity index (χ1) is 12.7. The number of rotatable bonds is 5. The van der Waals surface area contributed by atoms with Gasteiger partial charge in [0.25, 0.3) is 5.91 Å². The van der Waals surface area contributed by atoms with Crippen LogP contribution in [0, 0.1) is 0 Å². The summed E-state index contributed by atoms with van der Waals surface area (Å²) in [4.78, 5) is 24.4. The summed E-state index contributed by atoms with van der Waals surface area (Å²) >= 11 is 0. The molecule has 0 unspecified atom stereocenters. The molecule has 1 heterocycles. The fourth-order valence-corrected chi connectivity index (χ4v) is 5.28. The van der Waals surface area contributed by atoms with E-state index in [9.17, 15) is 23.1 Å². The van der Waals surface area contributed by atoms with Crippen molar-refractivity contribution in [1.82, 2.24) is 9.62 Å². The van der Waals surface area contributed by atoms with E-state index in [0.717, 1.165) is 12.8 Å². The van der Waals surface area contributed by atoms with Crippen molar-refractivity contribution in [2.24, 2.45) is 5.73 Å². The van der Waals surface area contributed by atoms with Gasteiger partial charge in [-0.05, 0) is 49.9 Å². The lowest BCUT2D eigenvalue weighted by Gasteiger charge is -2.29. The molecule has 1 saturated heterocycles. The zero-order valence-electron chi connectivity index (χ0n) is 15.1. The molecule has 2 fully saturated rings. The average molecular weight is 395 g/mol. The lowest BCUT2D eigenvalue weighted by Crippen LogP contribution is -2.55. The van der Waals surface area contributed by atoms with Gasteiger partial charge in [-0.1, -0.05) is 12.8 Å². The normalized spacial score (nSPS) is 23.1. The quantitative estimate of drug-likeness (QED) is 0.663. The molecule has 0 radical (unpaired) electrons. The maximum absolute atomic E-state index is 12.7. The number of benzene rings is 1. The topological polar surface area (TPSA) is 130 Å². The highest BCUT2D eigenvalue weighted by molar-refractivity contribution is 7.89. The van der Waals surface area contributed by atoms with Gasteiger partial charge in [0.2, 0.25) is 15.9 Å². The van der Waals surface area contributed by atoms with E-state index >= 15 is 0 Å². The molecule has 1 atom stereocenters. The highest BCUT2D eigenvalue weighted by Gasteiger charge is 2.41. The van der Waals surface area contributed by atoms with E-state index < -0.39 is 33.5 Å². The maximum Gasteiger partial charge on any atom is 0.252 e. The first kappa shape index (κ1) is 19.8. The van der Waals surface area contributed by atoms with E-state index in [1.165, 1.54) is 28.6 Å². The Balaban J connectivity index is 1.75. The third kappa shape index (κ3) is 3.99. The second-order valence-electron chi connectivity index (χ2n) is 7.29. The minimum Gasteiger partial charge on any atom is -0.392 e. The summed E-state index contributed by atoms with van der Waals surface area (Å²) in [6, 6.07) is 5.59. The highest BCUT2D eigenvalue weighted by Crippen LogP contribution is 2.30. The van der Waals surface area contributed by atoms with Gasteiger partial charge in [-0.25, -0.2) is 8.42 Å². The summed E-state index contributed by atoms with van der Waals surface area (Å²) < 4.78 is 26.6. The molecule has 1 saturated carbocycles.